The number of hydrogen-bond donors (Lipinski definition) is 0. The van der Waals surface area contributed by atoms with Gasteiger partial charge in [-0.2, -0.15) is 10.2 Å². The number of pyridine rings is 2. The van der Waals surface area contributed by atoms with Gasteiger partial charge in [-0.1, -0.05) is 11.6 Å². The highest BCUT2D eigenvalue weighted by atomic mass is 35.5. The van der Waals surface area contributed by atoms with Crippen LogP contribution in [0.1, 0.15) is 35.7 Å². The Labute approximate surface area is 179 Å². The molecule has 156 valence electrons. The Morgan fingerprint density at radius 1 is 1.23 bits per heavy atom. The van der Waals surface area contributed by atoms with Crippen LogP contribution in [0.25, 0.3) is 5.82 Å². The minimum absolute atomic E-state index is 0.0116. The molecule has 4 heterocycles. The van der Waals surface area contributed by atoms with Crippen molar-refractivity contribution in [3.63, 3.8) is 0 Å². The summed E-state index contributed by atoms with van der Waals surface area (Å²) in [5.41, 5.74) is 1.41. The number of carbonyl (C=O) groups is 1. The molecule has 0 unspecified atom stereocenters. The summed E-state index contributed by atoms with van der Waals surface area (Å²) in [6.45, 7) is 5.16. The molecule has 9 heteroatoms. The lowest BCUT2D eigenvalue weighted by molar-refractivity contribution is 0.0448. The van der Waals surface area contributed by atoms with Crippen molar-refractivity contribution in [3.05, 3.63) is 59.1 Å². The summed E-state index contributed by atoms with van der Waals surface area (Å²) in [5, 5.41) is 8.86. The molecule has 2 atom stereocenters. The lowest BCUT2D eigenvalue weighted by atomic mass is 9.90. The third-order valence-corrected chi connectivity index (χ3v) is 5.62. The highest BCUT2D eigenvalue weighted by Gasteiger charge is 2.33. The van der Waals surface area contributed by atoms with E-state index in [1.165, 1.54) is 4.80 Å². The van der Waals surface area contributed by atoms with Crippen molar-refractivity contribution in [2.24, 2.45) is 5.92 Å². The Morgan fingerprint density at radius 3 is 2.77 bits per heavy atom. The van der Waals surface area contributed by atoms with Gasteiger partial charge in [-0.25, -0.2) is 9.97 Å². The Balaban J connectivity index is 1.52. The van der Waals surface area contributed by atoms with Crippen molar-refractivity contribution in [1.29, 1.82) is 0 Å². The van der Waals surface area contributed by atoms with Gasteiger partial charge in [0.1, 0.15) is 0 Å². The largest absolute Gasteiger partial charge is 0.477 e. The van der Waals surface area contributed by atoms with Crippen LogP contribution >= 0.6 is 11.6 Å². The van der Waals surface area contributed by atoms with Crippen molar-refractivity contribution in [2.75, 3.05) is 13.2 Å². The topological polar surface area (TPSA) is 86.0 Å². The minimum atomic E-state index is -0.0692. The van der Waals surface area contributed by atoms with Crippen LogP contribution in [-0.4, -0.2) is 55.0 Å². The number of aryl methyl sites for hydroxylation is 1. The number of ether oxygens (including phenoxy) is 1. The number of likely N-dealkylation sites (tertiary alicyclic amines) is 1. The lowest BCUT2D eigenvalue weighted by Gasteiger charge is -2.39. The van der Waals surface area contributed by atoms with Gasteiger partial charge in [-0.05, 0) is 44.4 Å². The van der Waals surface area contributed by atoms with E-state index in [0.717, 1.165) is 18.4 Å². The SMILES string of the molecule is Cc1cnc(-n2nccn2)c(C(=O)N2CCC[C@@H](COc3ccc(Cl)cn3)[C@@H]2C)c1. The summed E-state index contributed by atoms with van der Waals surface area (Å²) in [5.74, 6) is 1.10. The summed E-state index contributed by atoms with van der Waals surface area (Å²) in [6, 6.07) is 5.36. The zero-order valence-corrected chi connectivity index (χ0v) is 17.7. The van der Waals surface area contributed by atoms with E-state index in [9.17, 15) is 4.79 Å². The first-order valence-corrected chi connectivity index (χ1v) is 10.3. The molecule has 0 N–H and O–H groups in total. The number of nitrogens with zero attached hydrogens (tertiary/aromatic N) is 6. The van der Waals surface area contributed by atoms with Crippen molar-refractivity contribution in [2.45, 2.75) is 32.7 Å². The first-order chi connectivity index (χ1) is 14.5. The van der Waals surface area contributed by atoms with E-state index in [2.05, 4.69) is 27.1 Å². The molecule has 8 nitrogen and oxygen atoms in total. The van der Waals surface area contributed by atoms with E-state index in [-0.39, 0.29) is 17.9 Å². The van der Waals surface area contributed by atoms with Crippen LogP contribution in [0, 0.1) is 12.8 Å². The maximum atomic E-state index is 13.5. The molecule has 1 amide bonds. The average Bonchev–Trinajstić information content (AvgIpc) is 3.28. The molecule has 1 aliphatic rings. The van der Waals surface area contributed by atoms with Gasteiger partial charge in [-0.3, -0.25) is 4.79 Å². The molecule has 0 aromatic carbocycles. The third kappa shape index (κ3) is 4.28. The van der Waals surface area contributed by atoms with Crippen LogP contribution in [-0.2, 0) is 0 Å². The zero-order chi connectivity index (χ0) is 21.1. The van der Waals surface area contributed by atoms with E-state index in [1.54, 1.807) is 36.9 Å². The number of hydrogen-bond acceptors (Lipinski definition) is 6. The van der Waals surface area contributed by atoms with Crippen molar-refractivity contribution in [1.82, 2.24) is 29.9 Å². The minimum Gasteiger partial charge on any atom is -0.477 e. The molecule has 0 aliphatic carbocycles. The van der Waals surface area contributed by atoms with Crippen molar-refractivity contribution in [3.8, 4) is 11.7 Å². The second-order valence-corrected chi connectivity index (χ2v) is 7.91. The molecule has 3 aromatic heterocycles. The molecule has 1 aliphatic heterocycles. The fourth-order valence-corrected chi connectivity index (χ4v) is 3.84. The maximum Gasteiger partial charge on any atom is 0.258 e. The Kier molecular flexibility index (Phi) is 5.94. The molecule has 0 saturated carbocycles. The number of piperidine rings is 1. The summed E-state index contributed by atoms with van der Waals surface area (Å²) in [7, 11) is 0. The predicted molar refractivity (Wildman–Crippen MR) is 112 cm³/mol. The molecular formula is C21H23ClN6O2. The number of aromatic nitrogens is 5. The smallest absolute Gasteiger partial charge is 0.258 e. The van der Waals surface area contributed by atoms with E-state index >= 15 is 0 Å². The van der Waals surface area contributed by atoms with E-state index in [1.807, 2.05) is 17.9 Å². The number of rotatable bonds is 5. The monoisotopic (exact) mass is 426 g/mol. The van der Waals surface area contributed by atoms with Gasteiger partial charge >= 0.3 is 0 Å². The van der Waals surface area contributed by atoms with Crippen molar-refractivity contribution >= 4 is 17.5 Å². The normalized spacial score (nSPS) is 19.0. The predicted octanol–water partition coefficient (Wildman–Crippen LogP) is 3.34. The van der Waals surface area contributed by atoms with Crippen LogP contribution < -0.4 is 4.74 Å². The molecule has 0 bridgehead atoms. The first kappa shape index (κ1) is 20.3. The first-order valence-electron chi connectivity index (χ1n) is 9.91. The molecule has 0 spiro atoms. The van der Waals surface area contributed by atoms with Gasteiger partial charge in [0.15, 0.2) is 5.82 Å². The second-order valence-electron chi connectivity index (χ2n) is 7.47. The van der Waals surface area contributed by atoms with Crippen LogP contribution in [0.4, 0.5) is 0 Å². The second kappa shape index (κ2) is 8.79. The lowest BCUT2D eigenvalue weighted by Crippen LogP contribution is -2.48. The third-order valence-electron chi connectivity index (χ3n) is 5.40. The summed E-state index contributed by atoms with van der Waals surface area (Å²) >= 11 is 5.88. The molecule has 1 saturated heterocycles. The average molecular weight is 427 g/mol. The van der Waals surface area contributed by atoms with E-state index < -0.39 is 0 Å². The van der Waals surface area contributed by atoms with Crippen LogP contribution in [0.3, 0.4) is 0 Å². The Hall–Kier alpha value is -3.00. The summed E-state index contributed by atoms with van der Waals surface area (Å²) in [4.78, 5) is 25.4. The molecular weight excluding hydrogens is 404 g/mol. The highest BCUT2D eigenvalue weighted by Crippen LogP contribution is 2.27. The van der Waals surface area contributed by atoms with Gasteiger partial charge in [-0.15, -0.1) is 4.80 Å². The Bertz CT molecular complexity index is 1010. The fourth-order valence-electron chi connectivity index (χ4n) is 3.73. The molecule has 30 heavy (non-hydrogen) atoms. The number of amides is 1. The highest BCUT2D eigenvalue weighted by molar-refractivity contribution is 6.30. The fraction of sp³-hybridized carbons (Fsp3) is 0.381. The molecule has 4 rings (SSSR count). The van der Waals surface area contributed by atoms with E-state index in [0.29, 0.717) is 35.4 Å². The van der Waals surface area contributed by atoms with Gasteiger partial charge in [0.05, 0.1) is 29.6 Å². The zero-order valence-electron chi connectivity index (χ0n) is 16.9. The maximum absolute atomic E-state index is 13.5. The van der Waals surface area contributed by atoms with E-state index in [4.69, 9.17) is 16.3 Å². The number of carbonyl (C=O) groups excluding carboxylic acids is 1. The van der Waals surface area contributed by atoms with Gasteiger partial charge in [0, 0.05) is 37.0 Å². The number of halogens is 1. The molecule has 1 fully saturated rings. The summed E-state index contributed by atoms with van der Waals surface area (Å²) < 4.78 is 5.86. The molecule has 3 aromatic rings. The van der Waals surface area contributed by atoms with Crippen LogP contribution in [0.2, 0.25) is 5.02 Å². The summed E-state index contributed by atoms with van der Waals surface area (Å²) in [6.07, 6.45) is 8.30. The van der Waals surface area contributed by atoms with Crippen molar-refractivity contribution < 1.29 is 9.53 Å². The van der Waals surface area contributed by atoms with Crippen LogP contribution in [0.15, 0.2) is 43.0 Å². The van der Waals surface area contributed by atoms with Gasteiger partial charge in [0.25, 0.3) is 5.91 Å². The molecule has 0 radical (unpaired) electrons. The van der Waals surface area contributed by atoms with Gasteiger partial charge < -0.3 is 9.64 Å². The Morgan fingerprint density at radius 2 is 2.03 bits per heavy atom. The van der Waals surface area contributed by atoms with Gasteiger partial charge in [0.2, 0.25) is 5.88 Å². The quantitative estimate of drug-likeness (QED) is 0.622. The van der Waals surface area contributed by atoms with Crippen LogP contribution in [0.5, 0.6) is 5.88 Å². The standard InChI is InChI=1S/C21H23ClN6O2/c1-14-10-18(20(24-11-14)28-25-7-8-26-28)21(29)27-9-3-4-16(15(27)2)13-30-19-6-5-17(22)12-23-19/h5-8,10-12,15-16H,3-4,9,13H2,1-2H3/t15-,16-/m0/s1.